The fraction of sp³-hybridized carbons (Fsp3) is 0.250. The normalized spacial score (nSPS) is 9.86. The first-order valence-electron chi connectivity index (χ1n) is 6.58. The Balaban J connectivity index is 0.00000220. The summed E-state index contributed by atoms with van der Waals surface area (Å²) in [5.74, 6) is -0.0425. The smallest absolute Gasteiger partial charge is 0.254 e. The highest BCUT2D eigenvalue weighted by Gasteiger charge is 2.09. The summed E-state index contributed by atoms with van der Waals surface area (Å²) >= 11 is 0. The van der Waals surface area contributed by atoms with E-state index in [9.17, 15) is 4.79 Å². The predicted octanol–water partition coefficient (Wildman–Crippen LogP) is 2.37. The molecule has 4 nitrogen and oxygen atoms in total. The molecule has 0 spiro atoms. The first-order chi connectivity index (χ1) is 9.61. The van der Waals surface area contributed by atoms with Gasteiger partial charge in [-0.3, -0.25) is 9.78 Å². The number of nitrogens with two attached hydrogens (primary N) is 1. The van der Waals surface area contributed by atoms with E-state index < -0.39 is 0 Å². The van der Waals surface area contributed by atoms with E-state index in [0.29, 0.717) is 12.1 Å². The Morgan fingerprint density at radius 3 is 2.38 bits per heavy atom. The van der Waals surface area contributed by atoms with Gasteiger partial charge in [-0.25, -0.2) is 0 Å². The molecule has 0 saturated carbocycles. The van der Waals surface area contributed by atoms with Crippen molar-refractivity contribution in [2.24, 2.45) is 5.73 Å². The first kappa shape index (κ1) is 17.1. The Hall–Kier alpha value is -1.91. The number of pyridine rings is 1. The van der Waals surface area contributed by atoms with Crippen molar-refractivity contribution in [2.75, 3.05) is 20.6 Å². The molecule has 0 radical (unpaired) electrons. The number of aromatic nitrogens is 1. The summed E-state index contributed by atoms with van der Waals surface area (Å²) in [5.41, 5.74) is 9.34. The second-order valence-electron chi connectivity index (χ2n) is 4.90. The number of carbonyl (C=O) groups is 1. The first-order valence-corrected chi connectivity index (χ1v) is 6.58. The fourth-order valence-corrected chi connectivity index (χ4v) is 2.00. The summed E-state index contributed by atoms with van der Waals surface area (Å²) in [5, 5.41) is 0. The van der Waals surface area contributed by atoms with Crippen LogP contribution in [0.2, 0.25) is 0 Å². The Bertz CT molecular complexity index is 597. The van der Waals surface area contributed by atoms with E-state index in [-0.39, 0.29) is 18.3 Å². The lowest BCUT2D eigenvalue weighted by molar-refractivity contribution is 0.0827. The maximum absolute atomic E-state index is 11.9. The van der Waals surface area contributed by atoms with Gasteiger partial charge < -0.3 is 10.6 Å². The van der Waals surface area contributed by atoms with Crippen molar-refractivity contribution in [2.45, 2.75) is 6.42 Å². The largest absolute Gasteiger partial charge is 0.345 e. The SMILES string of the molecule is CN(C)C(=O)c1cncc(-c2ccc(CCN)cc2)c1.Cl. The molecular formula is C16H20ClN3O. The number of benzene rings is 1. The molecule has 0 atom stereocenters. The third kappa shape index (κ3) is 4.28. The van der Waals surface area contributed by atoms with Crippen molar-refractivity contribution < 1.29 is 4.79 Å². The average Bonchev–Trinajstić information content (AvgIpc) is 2.47. The minimum Gasteiger partial charge on any atom is -0.345 e. The number of carbonyl (C=O) groups excluding carboxylic acids is 1. The molecule has 0 aliphatic carbocycles. The van der Waals surface area contributed by atoms with Crippen LogP contribution in [0.1, 0.15) is 15.9 Å². The van der Waals surface area contributed by atoms with Crippen molar-refractivity contribution in [3.05, 3.63) is 53.9 Å². The Morgan fingerprint density at radius 1 is 1.14 bits per heavy atom. The van der Waals surface area contributed by atoms with Gasteiger partial charge in [-0.2, -0.15) is 0 Å². The quantitative estimate of drug-likeness (QED) is 0.943. The molecule has 2 aromatic rings. The summed E-state index contributed by atoms with van der Waals surface area (Å²) in [6.45, 7) is 0.647. The predicted molar refractivity (Wildman–Crippen MR) is 87.7 cm³/mol. The van der Waals surface area contributed by atoms with Crippen LogP contribution in [0.5, 0.6) is 0 Å². The second kappa shape index (κ2) is 7.76. The molecule has 1 amide bonds. The molecule has 0 aliphatic heterocycles. The van der Waals surface area contributed by atoms with E-state index in [4.69, 9.17) is 5.73 Å². The molecule has 21 heavy (non-hydrogen) atoms. The standard InChI is InChI=1S/C16H19N3O.ClH/c1-19(2)16(20)15-9-14(10-18-11-15)13-5-3-12(4-6-13)7-8-17;/h3-6,9-11H,7-8,17H2,1-2H3;1H. The van der Waals surface area contributed by atoms with Crippen LogP contribution in [0.4, 0.5) is 0 Å². The van der Waals surface area contributed by atoms with E-state index in [1.807, 2.05) is 18.2 Å². The van der Waals surface area contributed by atoms with E-state index in [0.717, 1.165) is 17.5 Å². The molecule has 1 heterocycles. The molecular weight excluding hydrogens is 286 g/mol. The van der Waals surface area contributed by atoms with Gasteiger partial charge in [0.05, 0.1) is 5.56 Å². The van der Waals surface area contributed by atoms with Gasteiger partial charge in [0.1, 0.15) is 0 Å². The van der Waals surface area contributed by atoms with Crippen LogP contribution in [-0.4, -0.2) is 36.4 Å². The van der Waals surface area contributed by atoms with Crippen molar-refractivity contribution in [1.82, 2.24) is 9.88 Å². The summed E-state index contributed by atoms with van der Waals surface area (Å²) < 4.78 is 0. The van der Waals surface area contributed by atoms with E-state index in [1.54, 1.807) is 31.4 Å². The topological polar surface area (TPSA) is 59.2 Å². The summed E-state index contributed by atoms with van der Waals surface area (Å²) in [4.78, 5) is 17.6. The summed E-state index contributed by atoms with van der Waals surface area (Å²) in [7, 11) is 3.47. The fourth-order valence-electron chi connectivity index (χ4n) is 2.00. The van der Waals surface area contributed by atoms with Crippen LogP contribution >= 0.6 is 12.4 Å². The molecule has 1 aromatic heterocycles. The van der Waals surface area contributed by atoms with Gasteiger partial charge in [-0.05, 0) is 30.2 Å². The third-order valence-corrected chi connectivity index (χ3v) is 3.11. The maximum atomic E-state index is 11.9. The Labute approximate surface area is 131 Å². The summed E-state index contributed by atoms with van der Waals surface area (Å²) in [6.07, 6.45) is 4.23. The number of amides is 1. The van der Waals surface area contributed by atoms with Crippen molar-refractivity contribution in [3.8, 4) is 11.1 Å². The van der Waals surface area contributed by atoms with Crippen LogP contribution in [0.15, 0.2) is 42.7 Å². The van der Waals surface area contributed by atoms with Crippen LogP contribution < -0.4 is 5.73 Å². The van der Waals surface area contributed by atoms with Gasteiger partial charge in [0.15, 0.2) is 0 Å². The number of rotatable bonds is 4. The zero-order valence-corrected chi connectivity index (χ0v) is 13.1. The van der Waals surface area contributed by atoms with Crippen molar-refractivity contribution >= 4 is 18.3 Å². The van der Waals surface area contributed by atoms with Crippen LogP contribution in [0, 0.1) is 0 Å². The molecule has 112 valence electrons. The molecule has 1 aromatic carbocycles. The van der Waals surface area contributed by atoms with Crippen molar-refractivity contribution in [3.63, 3.8) is 0 Å². The summed E-state index contributed by atoms with van der Waals surface area (Å²) in [6, 6.07) is 10.1. The average molecular weight is 306 g/mol. The van der Waals surface area contributed by atoms with Gasteiger partial charge in [0.2, 0.25) is 0 Å². The lowest BCUT2D eigenvalue weighted by Gasteiger charge is -2.11. The number of hydrogen-bond donors (Lipinski definition) is 1. The highest BCUT2D eigenvalue weighted by Crippen LogP contribution is 2.20. The van der Waals surface area contributed by atoms with Crippen LogP contribution in [0.25, 0.3) is 11.1 Å². The van der Waals surface area contributed by atoms with E-state index in [2.05, 4.69) is 17.1 Å². The van der Waals surface area contributed by atoms with Crippen molar-refractivity contribution in [1.29, 1.82) is 0 Å². The monoisotopic (exact) mass is 305 g/mol. The maximum Gasteiger partial charge on any atom is 0.254 e. The van der Waals surface area contributed by atoms with Gasteiger partial charge in [-0.1, -0.05) is 24.3 Å². The highest BCUT2D eigenvalue weighted by atomic mass is 35.5. The minimum absolute atomic E-state index is 0. The number of halogens is 1. The molecule has 0 aliphatic rings. The molecule has 2 rings (SSSR count). The molecule has 0 bridgehead atoms. The molecule has 2 N–H and O–H groups in total. The third-order valence-electron chi connectivity index (χ3n) is 3.11. The van der Waals surface area contributed by atoms with Gasteiger partial charge in [0.25, 0.3) is 5.91 Å². The second-order valence-corrected chi connectivity index (χ2v) is 4.90. The van der Waals surface area contributed by atoms with E-state index in [1.165, 1.54) is 5.56 Å². The van der Waals surface area contributed by atoms with Crippen LogP contribution in [0.3, 0.4) is 0 Å². The number of hydrogen-bond acceptors (Lipinski definition) is 3. The lowest BCUT2D eigenvalue weighted by atomic mass is 10.0. The van der Waals surface area contributed by atoms with E-state index >= 15 is 0 Å². The van der Waals surface area contributed by atoms with Gasteiger partial charge >= 0.3 is 0 Å². The molecule has 0 unspecified atom stereocenters. The Morgan fingerprint density at radius 2 is 1.81 bits per heavy atom. The van der Waals surface area contributed by atoms with Gasteiger partial charge in [-0.15, -0.1) is 12.4 Å². The Kier molecular flexibility index (Phi) is 6.34. The molecule has 5 heteroatoms. The molecule has 0 saturated heterocycles. The van der Waals surface area contributed by atoms with Crippen LogP contribution in [-0.2, 0) is 6.42 Å². The highest BCUT2D eigenvalue weighted by molar-refractivity contribution is 5.94. The zero-order chi connectivity index (χ0) is 14.5. The lowest BCUT2D eigenvalue weighted by Crippen LogP contribution is -2.21. The molecule has 0 fully saturated rings. The zero-order valence-electron chi connectivity index (χ0n) is 12.2. The number of nitrogens with zero attached hydrogens (tertiary/aromatic N) is 2. The van der Waals surface area contributed by atoms with Gasteiger partial charge in [0, 0.05) is 32.1 Å². The minimum atomic E-state index is -0.0425.